The van der Waals surface area contributed by atoms with E-state index in [4.69, 9.17) is 60.6 Å². The van der Waals surface area contributed by atoms with Crippen molar-refractivity contribution in [2.45, 2.75) is 19.4 Å². The van der Waals surface area contributed by atoms with Crippen LogP contribution in [0.5, 0.6) is 11.5 Å². The van der Waals surface area contributed by atoms with Crippen molar-refractivity contribution in [3.63, 3.8) is 0 Å². The zero-order chi connectivity index (χ0) is 38.7. The van der Waals surface area contributed by atoms with Crippen molar-refractivity contribution in [1.82, 2.24) is 0 Å². The van der Waals surface area contributed by atoms with E-state index < -0.39 is 11.6 Å². The van der Waals surface area contributed by atoms with Gasteiger partial charge >= 0.3 is 5.97 Å². The second-order valence-electron chi connectivity index (χ2n) is 12.9. The average molecular weight is 803 g/mol. The van der Waals surface area contributed by atoms with E-state index >= 15 is 0 Å². The molecule has 278 valence electrons. The van der Waals surface area contributed by atoms with E-state index in [1.807, 2.05) is 99.0 Å². The van der Waals surface area contributed by atoms with Crippen molar-refractivity contribution in [3.8, 4) is 11.5 Å². The summed E-state index contributed by atoms with van der Waals surface area (Å²) in [5, 5.41) is 0.00958. The highest BCUT2D eigenvalue weighted by Gasteiger charge is 2.48. The van der Waals surface area contributed by atoms with Crippen LogP contribution in [0.25, 0.3) is 11.1 Å². The number of hydrogen-bond donors (Lipinski definition) is 0. The van der Waals surface area contributed by atoms with Crippen LogP contribution in [-0.2, 0) is 10.3 Å². The first kappa shape index (κ1) is 39.1. The predicted octanol–water partition coefficient (Wildman–Crippen LogP) is 11.9. The van der Waals surface area contributed by atoms with E-state index in [9.17, 15) is 4.79 Å². The number of hydrogen-bond acceptors (Lipinski definition) is 6. The molecule has 0 fully saturated rings. The van der Waals surface area contributed by atoms with Crippen LogP contribution in [-0.4, -0.2) is 47.4 Å². The van der Waals surface area contributed by atoms with Crippen molar-refractivity contribution in [3.05, 3.63) is 163 Å². The first-order valence-corrected chi connectivity index (χ1v) is 18.9. The zero-order valence-electron chi connectivity index (χ0n) is 30.8. The van der Waals surface area contributed by atoms with E-state index in [1.165, 1.54) is 0 Å². The second kappa shape index (κ2) is 16.4. The minimum atomic E-state index is -1.64. The maximum atomic E-state index is 14.1. The molecule has 0 radical (unpaired) electrons. The van der Waals surface area contributed by atoms with E-state index in [1.54, 1.807) is 14.2 Å². The fraction of sp³-hybridized carbons (Fsp3) is 0.205. The van der Waals surface area contributed by atoms with Gasteiger partial charge in [-0.2, -0.15) is 0 Å². The maximum absolute atomic E-state index is 14.1. The fourth-order valence-electron chi connectivity index (χ4n) is 6.48. The van der Waals surface area contributed by atoms with Gasteiger partial charge in [-0.25, -0.2) is 4.79 Å². The number of esters is 1. The summed E-state index contributed by atoms with van der Waals surface area (Å²) in [6, 6.07) is 31.8. The molecule has 0 aliphatic carbocycles. The minimum absolute atomic E-state index is 0.0162. The van der Waals surface area contributed by atoms with Gasteiger partial charge in [-0.15, -0.1) is 0 Å². The summed E-state index contributed by atoms with van der Waals surface area (Å²) in [6.45, 7) is 5.88. The van der Waals surface area contributed by atoms with Crippen LogP contribution in [0.15, 0.2) is 109 Å². The summed E-state index contributed by atoms with van der Waals surface area (Å²) in [5.74, 6) is 0.701. The quantitative estimate of drug-likeness (QED) is 0.0711. The topological polar surface area (TPSA) is 51.2 Å². The molecule has 0 atom stereocenters. The van der Waals surface area contributed by atoms with Crippen molar-refractivity contribution in [1.29, 1.82) is 0 Å². The van der Waals surface area contributed by atoms with Gasteiger partial charge in [0.1, 0.15) is 11.5 Å². The number of carbonyl (C=O) groups is 1. The second-order valence-corrected chi connectivity index (χ2v) is 14.4. The van der Waals surface area contributed by atoms with Crippen molar-refractivity contribution < 1.29 is 19.0 Å². The number of fused-ring (bicyclic) bond motifs is 1. The van der Waals surface area contributed by atoms with Crippen LogP contribution in [0.3, 0.4) is 0 Å². The molecular weight excluding hydrogens is 762 g/mol. The summed E-state index contributed by atoms with van der Waals surface area (Å²) < 4.78 is 17.5. The van der Waals surface area contributed by atoms with Gasteiger partial charge in [0.2, 0.25) is 0 Å². The Morgan fingerprint density at radius 2 is 0.944 bits per heavy atom. The molecular formula is C44H40Cl4N2O4. The van der Waals surface area contributed by atoms with Gasteiger partial charge in [-0.05, 0) is 108 Å². The molecule has 0 bridgehead atoms. The van der Waals surface area contributed by atoms with Gasteiger partial charge in [0.05, 0.1) is 39.9 Å². The Kier molecular flexibility index (Phi) is 11.9. The molecule has 5 aromatic rings. The van der Waals surface area contributed by atoms with Crippen LogP contribution in [0.4, 0.5) is 11.4 Å². The number of cyclic esters (lactones) is 1. The molecule has 0 N–H and O–H groups in total. The Balaban J connectivity index is 1.72. The molecule has 6 rings (SSSR count). The SMILES string of the molecule is CCN(C)c1ccc(C(=CC2(C=C(c3ccc(OC)cc3)c3ccc(N(C)CC)cc3)OC(=O)c3c(Cl)c(Cl)c(Cl)c(Cl)c32)c2ccc(OC)cc2)cc1. The number of rotatable bonds is 12. The van der Waals surface area contributed by atoms with Crippen molar-refractivity contribution >= 4 is 74.9 Å². The van der Waals surface area contributed by atoms with Gasteiger partial charge in [0.15, 0.2) is 5.60 Å². The van der Waals surface area contributed by atoms with Crippen molar-refractivity contribution in [2.24, 2.45) is 0 Å². The van der Waals surface area contributed by atoms with Gasteiger partial charge in [0, 0.05) is 44.1 Å². The number of halogens is 4. The molecule has 0 saturated heterocycles. The molecule has 6 nitrogen and oxygen atoms in total. The van der Waals surface area contributed by atoms with E-state index in [2.05, 4.69) is 47.9 Å². The third-order valence-electron chi connectivity index (χ3n) is 9.83. The van der Waals surface area contributed by atoms with Crippen molar-refractivity contribution in [2.75, 3.05) is 51.2 Å². The summed E-state index contributed by atoms with van der Waals surface area (Å²) in [7, 11) is 7.32. The molecule has 1 aliphatic rings. The average Bonchev–Trinajstić information content (AvgIpc) is 3.51. The molecule has 1 aliphatic heterocycles. The Bertz CT molecular complexity index is 2100. The lowest BCUT2D eigenvalue weighted by Crippen LogP contribution is -2.23. The Hall–Kier alpha value is -4.59. The van der Waals surface area contributed by atoms with Crippen LogP contribution in [0.1, 0.15) is 52.0 Å². The maximum Gasteiger partial charge on any atom is 0.341 e. The normalized spacial score (nSPS) is 15.5. The number of nitrogens with zero attached hydrogens (tertiary/aromatic N) is 2. The van der Waals surface area contributed by atoms with Crippen LogP contribution < -0.4 is 19.3 Å². The third-order valence-corrected chi connectivity index (χ3v) is 11.6. The highest BCUT2D eigenvalue weighted by molar-refractivity contribution is 6.53. The number of ether oxygens (including phenoxy) is 3. The van der Waals surface area contributed by atoms with Gasteiger partial charge < -0.3 is 24.0 Å². The molecule has 0 unspecified atom stereocenters. The lowest BCUT2D eigenvalue weighted by atomic mass is 9.83. The standard InChI is InChI=1S/C44H40Cl4N2O4/c1-7-49(3)31-17-9-27(10-18-31)35(29-13-21-33(52-5)22-14-29)25-44(38-37(43(51)54-44)39(45)41(47)42(48)40(38)46)26-36(30-15-23-34(53-6)24-16-30)28-11-19-32(20-12-28)50(4)8-2/h9-26H,7-8H2,1-6H3. The summed E-state index contributed by atoms with van der Waals surface area (Å²) >= 11 is 27.3. The highest BCUT2D eigenvalue weighted by Crippen LogP contribution is 2.53. The van der Waals surface area contributed by atoms with Crippen LogP contribution in [0.2, 0.25) is 20.1 Å². The lowest BCUT2D eigenvalue weighted by molar-refractivity contribution is 0.0300. The lowest BCUT2D eigenvalue weighted by Gasteiger charge is -2.27. The number of benzene rings is 5. The molecule has 0 saturated carbocycles. The minimum Gasteiger partial charge on any atom is -0.497 e. The number of carbonyl (C=O) groups excluding carboxylic acids is 1. The van der Waals surface area contributed by atoms with E-state index in [-0.39, 0.29) is 31.2 Å². The van der Waals surface area contributed by atoms with Gasteiger partial charge in [-0.1, -0.05) is 94.9 Å². The molecule has 0 spiro atoms. The Labute approximate surface area is 337 Å². The first-order valence-electron chi connectivity index (χ1n) is 17.4. The van der Waals surface area contributed by atoms with Gasteiger partial charge in [0.25, 0.3) is 0 Å². The Morgan fingerprint density at radius 1 is 0.593 bits per heavy atom. The number of methoxy groups -OCH3 is 2. The van der Waals surface area contributed by atoms with E-state index in [0.717, 1.165) is 57.9 Å². The fourth-order valence-corrected chi connectivity index (χ4v) is 7.56. The molecule has 0 amide bonds. The zero-order valence-corrected chi connectivity index (χ0v) is 33.9. The largest absolute Gasteiger partial charge is 0.497 e. The molecule has 0 aromatic heterocycles. The van der Waals surface area contributed by atoms with Crippen LogP contribution >= 0.6 is 46.4 Å². The summed E-state index contributed by atoms with van der Waals surface area (Å²) in [4.78, 5) is 18.4. The number of anilines is 2. The van der Waals surface area contributed by atoms with Crippen LogP contribution in [0, 0.1) is 0 Å². The first-order chi connectivity index (χ1) is 25.9. The smallest absolute Gasteiger partial charge is 0.341 e. The molecule has 10 heteroatoms. The molecule has 54 heavy (non-hydrogen) atoms. The Morgan fingerprint density at radius 3 is 1.30 bits per heavy atom. The molecule has 1 heterocycles. The highest BCUT2D eigenvalue weighted by atomic mass is 35.5. The third kappa shape index (κ3) is 7.54. The van der Waals surface area contributed by atoms with E-state index in [0.29, 0.717) is 11.5 Å². The predicted molar refractivity (Wildman–Crippen MR) is 224 cm³/mol. The summed E-state index contributed by atoms with van der Waals surface area (Å²) in [5.41, 5.74) is 5.73. The monoisotopic (exact) mass is 800 g/mol. The molecule has 5 aromatic carbocycles. The summed E-state index contributed by atoms with van der Waals surface area (Å²) in [6.07, 6.45) is 3.82. The van der Waals surface area contributed by atoms with Gasteiger partial charge in [-0.3, -0.25) is 0 Å².